The van der Waals surface area contributed by atoms with Gasteiger partial charge in [0.1, 0.15) is 12.9 Å². The SMILES string of the molecule is COc1cc2c(cc1Nc1nnc(C(N)=O)c(Nc3ccccc3P(C)(C)=O)n1)CNCC2. The number of hydrogen-bond acceptors (Lipinski definition) is 9. The van der Waals surface area contributed by atoms with Crippen LogP contribution in [0.3, 0.4) is 0 Å². The van der Waals surface area contributed by atoms with Crippen molar-refractivity contribution in [1.29, 1.82) is 0 Å². The highest BCUT2D eigenvalue weighted by atomic mass is 31.2. The molecule has 0 saturated carbocycles. The number of benzene rings is 2. The van der Waals surface area contributed by atoms with E-state index in [1.807, 2.05) is 12.1 Å². The quantitative estimate of drug-likeness (QED) is 0.385. The van der Waals surface area contributed by atoms with Gasteiger partial charge in [-0.1, -0.05) is 12.1 Å². The fourth-order valence-corrected chi connectivity index (χ4v) is 4.86. The lowest BCUT2D eigenvalue weighted by atomic mass is 10.00. The number of anilines is 4. The molecular formula is C22H26N7O3P. The lowest BCUT2D eigenvalue weighted by Crippen LogP contribution is -2.23. The van der Waals surface area contributed by atoms with E-state index in [0.717, 1.165) is 25.1 Å². The van der Waals surface area contributed by atoms with Gasteiger partial charge >= 0.3 is 0 Å². The van der Waals surface area contributed by atoms with Crippen LogP contribution < -0.4 is 31.7 Å². The number of carbonyl (C=O) groups is 1. The summed E-state index contributed by atoms with van der Waals surface area (Å²) < 4.78 is 18.3. The van der Waals surface area contributed by atoms with Crippen LogP contribution in [0.15, 0.2) is 36.4 Å². The molecular weight excluding hydrogens is 441 g/mol. The van der Waals surface area contributed by atoms with E-state index in [1.165, 1.54) is 5.56 Å². The summed E-state index contributed by atoms with van der Waals surface area (Å²) in [7, 11) is -1.00. The summed E-state index contributed by atoms with van der Waals surface area (Å²) in [4.78, 5) is 16.4. The van der Waals surface area contributed by atoms with Gasteiger partial charge in [-0.05, 0) is 61.7 Å². The van der Waals surface area contributed by atoms with Crippen molar-refractivity contribution in [2.24, 2.45) is 5.73 Å². The Balaban J connectivity index is 1.71. The molecule has 0 aliphatic carbocycles. The smallest absolute Gasteiger partial charge is 0.273 e. The molecule has 0 bridgehead atoms. The molecule has 0 saturated heterocycles. The number of fused-ring (bicyclic) bond motifs is 1. The number of rotatable bonds is 7. The topological polar surface area (TPSA) is 144 Å². The molecule has 10 nitrogen and oxygen atoms in total. The van der Waals surface area contributed by atoms with Crippen LogP contribution in [-0.4, -0.2) is 48.1 Å². The molecule has 33 heavy (non-hydrogen) atoms. The molecule has 0 atom stereocenters. The number of nitrogens with two attached hydrogens (primary N) is 1. The number of nitrogens with one attached hydrogen (secondary N) is 3. The number of nitrogens with zero attached hydrogens (tertiary/aromatic N) is 3. The molecule has 0 unspecified atom stereocenters. The first-order valence-electron chi connectivity index (χ1n) is 10.4. The lowest BCUT2D eigenvalue weighted by molar-refractivity contribution is 0.0995. The minimum Gasteiger partial charge on any atom is -0.495 e. The summed E-state index contributed by atoms with van der Waals surface area (Å²) in [6.45, 7) is 5.02. The van der Waals surface area contributed by atoms with Gasteiger partial charge in [0, 0.05) is 11.8 Å². The summed E-state index contributed by atoms with van der Waals surface area (Å²) in [6.07, 6.45) is 0.920. The van der Waals surface area contributed by atoms with Gasteiger partial charge < -0.3 is 31.0 Å². The van der Waals surface area contributed by atoms with Crippen molar-refractivity contribution in [3.8, 4) is 5.75 Å². The minimum atomic E-state index is -2.60. The number of amides is 1. The van der Waals surface area contributed by atoms with E-state index in [2.05, 4.69) is 31.1 Å². The predicted molar refractivity (Wildman–Crippen MR) is 129 cm³/mol. The third kappa shape index (κ3) is 4.97. The maximum absolute atomic E-state index is 12.7. The third-order valence-electron chi connectivity index (χ3n) is 5.31. The average Bonchev–Trinajstić information content (AvgIpc) is 2.78. The molecule has 172 valence electrons. The molecule has 0 spiro atoms. The van der Waals surface area contributed by atoms with E-state index in [1.54, 1.807) is 44.7 Å². The maximum atomic E-state index is 12.7. The van der Waals surface area contributed by atoms with Crippen molar-refractivity contribution in [3.05, 3.63) is 53.2 Å². The van der Waals surface area contributed by atoms with Crippen LogP contribution in [0.2, 0.25) is 0 Å². The van der Waals surface area contributed by atoms with Gasteiger partial charge in [0.05, 0.1) is 18.5 Å². The Bertz CT molecular complexity index is 1260. The normalized spacial score (nSPS) is 13.2. The van der Waals surface area contributed by atoms with Crippen molar-refractivity contribution in [2.75, 3.05) is 37.6 Å². The Labute approximate surface area is 191 Å². The van der Waals surface area contributed by atoms with Crippen LogP contribution in [0.4, 0.5) is 23.1 Å². The molecule has 4 rings (SSSR count). The summed E-state index contributed by atoms with van der Waals surface area (Å²) in [6, 6.07) is 11.1. The second-order valence-corrected chi connectivity index (χ2v) is 11.2. The van der Waals surface area contributed by atoms with Gasteiger partial charge in [0.25, 0.3) is 5.91 Å². The van der Waals surface area contributed by atoms with Crippen LogP contribution in [0.5, 0.6) is 5.75 Å². The molecule has 1 aliphatic heterocycles. The van der Waals surface area contributed by atoms with E-state index in [-0.39, 0.29) is 17.5 Å². The highest BCUT2D eigenvalue weighted by Crippen LogP contribution is 2.38. The average molecular weight is 467 g/mol. The molecule has 5 N–H and O–H groups in total. The van der Waals surface area contributed by atoms with Crippen molar-refractivity contribution < 1.29 is 14.1 Å². The van der Waals surface area contributed by atoms with Crippen molar-refractivity contribution >= 4 is 41.5 Å². The highest BCUT2D eigenvalue weighted by Gasteiger charge is 2.21. The summed E-state index contributed by atoms with van der Waals surface area (Å²) in [5.74, 6) is 0.129. The standard InChI is InChI=1S/C22H26N7O3P/c1-32-17-11-13-8-9-24-12-14(13)10-16(17)26-22-27-21(19(20(23)30)28-29-22)25-15-6-4-5-7-18(15)33(2,3)31/h4-7,10-11,24H,8-9,12H2,1-3H3,(H2,23,30)(H2,25,26,27,29). The molecule has 0 fully saturated rings. The van der Waals surface area contributed by atoms with Gasteiger partial charge in [-0.3, -0.25) is 4.79 Å². The lowest BCUT2D eigenvalue weighted by Gasteiger charge is -2.20. The number of primary amides is 1. The third-order valence-corrected chi connectivity index (χ3v) is 6.86. The van der Waals surface area contributed by atoms with E-state index in [0.29, 0.717) is 22.4 Å². The van der Waals surface area contributed by atoms with Crippen molar-refractivity contribution in [2.45, 2.75) is 13.0 Å². The monoisotopic (exact) mass is 467 g/mol. The van der Waals surface area contributed by atoms with E-state index >= 15 is 0 Å². The zero-order valence-corrected chi connectivity index (χ0v) is 19.6. The zero-order chi connectivity index (χ0) is 23.6. The second kappa shape index (κ2) is 9.17. The fourth-order valence-electron chi connectivity index (χ4n) is 3.71. The first-order valence-corrected chi connectivity index (χ1v) is 13.0. The Hall–Kier alpha value is -3.49. The number of para-hydroxylation sites is 1. The number of carbonyl (C=O) groups excluding carboxylic acids is 1. The van der Waals surface area contributed by atoms with Gasteiger partial charge in [0.15, 0.2) is 11.5 Å². The Morgan fingerprint density at radius 2 is 1.91 bits per heavy atom. The number of hydrogen-bond donors (Lipinski definition) is 4. The molecule has 11 heteroatoms. The molecule has 0 radical (unpaired) electrons. The first-order chi connectivity index (χ1) is 15.8. The Morgan fingerprint density at radius 1 is 1.12 bits per heavy atom. The van der Waals surface area contributed by atoms with E-state index < -0.39 is 13.0 Å². The summed E-state index contributed by atoms with van der Waals surface area (Å²) in [5, 5.41) is 18.1. The first kappa shape index (κ1) is 22.7. The predicted octanol–water partition coefficient (Wildman–Crippen LogP) is 2.36. The zero-order valence-electron chi connectivity index (χ0n) is 18.7. The summed E-state index contributed by atoms with van der Waals surface area (Å²) >= 11 is 0. The minimum absolute atomic E-state index is 0.111. The second-order valence-electron chi connectivity index (χ2n) is 8.06. The highest BCUT2D eigenvalue weighted by molar-refractivity contribution is 7.70. The number of ether oxygens (including phenoxy) is 1. The number of aromatic nitrogens is 3. The molecule has 2 heterocycles. The maximum Gasteiger partial charge on any atom is 0.273 e. The van der Waals surface area contributed by atoms with E-state index in [4.69, 9.17) is 10.5 Å². The molecule has 3 aromatic rings. The summed E-state index contributed by atoms with van der Waals surface area (Å²) in [5.41, 5.74) is 8.97. The van der Waals surface area contributed by atoms with Crippen LogP contribution in [-0.2, 0) is 17.5 Å². The van der Waals surface area contributed by atoms with Crippen molar-refractivity contribution in [1.82, 2.24) is 20.5 Å². The molecule has 1 aliphatic rings. The van der Waals surface area contributed by atoms with E-state index in [9.17, 15) is 9.36 Å². The van der Waals surface area contributed by atoms with Crippen LogP contribution in [0.1, 0.15) is 21.6 Å². The molecule has 1 amide bonds. The largest absolute Gasteiger partial charge is 0.495 e. The Morgan fingerprint density at radius 3 is 2.64 bits per heavy atom. The van der Waals surface area contributed by atoms with Gasteiger partial charge in [0.2, 0.25) is 5.95 Å². The number of methoxy groups -OCH3 is 1. The van der Waals surface area contributed by atoms with Gasteiger partial charge in [-0.15, -0.1) is 10.2 Å². The van der Waals surface area contributed by atoms with Crippen LogP contribution in [0.25, 0.3) is 0 Å². The van der Waals surface area contributed by atoms with Crippen LogP contribution in [0, 0.1) is 0 Å². The fraction of sp³-hybridized carbons (Fsp3) is 0.273. The van der Waals surface area contributed by atoms with Crippen molar-refractivity contribution in [3.63, 3.8) is 0 Å². The molecule has 1 aromatic heterocycles. The van der Waals surface area contributed by atoms with Gasteiger partial charge in [-0.25, -0.2) is 0 Å². The Kier molecular flexibility index (Phi) is 6.31. The van der Waals surface area contributed by atoms with Gasteiger partial charge in [-0.2, -0.15) is 4.98 Å². The molecule has 2 aromatic carbocycles. The van der Waals surface area contributed by atoms with Crippen LogP contribution >= 0.6 is 7.14 Å².